The van der Waals surface area contributed by atoms with Crippen LogP contribution >= 0.6 is 11.6 Å². The summed E-state index contributed by atoms with van der Waals surface area (Å²) in [5, 5.41) is 10.2. The van der Waals surface area contributed by atoms with E-state index in [1.165, 1.54) is 14.2 Å². The number of carbonyl (C=O) groups is 1. The van der Waals surface area contributed by atoms with Crippen LogP contribution < -0.4 is 20.1 Å². The van der Waals surface area contributed by atoms with E-state index in [1.807, 2.05) is 10.9 Å². The monoisotopic (exact) mass is 380 g/mol. The molecule has 1 aromatic carbocycles. The number of carbonyl (C=O) groups excluding carboxylic acids is 1. The second kappa shape index (κ2) is 8.29. The molecule has 0 radical (unpaired) electrons. The second-order valence-electron chi connectivity index (χ2n) is 5.80. The molecule has 140 valence electrons. The van der Waals surface area contributed by atoms with Crippen LogP contribution in [0.15, 0.2) is 24.4 Å². The maximum atomic E-state index is 12.2. The van der Waals surface area contributed by atoms with Gasteiger partial charge in [0, 0.05) is 37.2 Å². The van der Waals surface area contributed by atoms with Crippen LogP contribution in [-0.2, 0) is 4.74 Å². The lowest BCUT2D eigenvalue weighted by Crippen LogP contribution is -2.22. The third-order valence-electron chi connectivity index (χ3n) is 4.11. The van der Waals surface area contributed by atoms with Crippen LogP contribution in [0.2, 0.25) is 5.02 Å². The Morgan fingerprint density at radius 3 is 2.73 bits per heavy atom. The van der Waals surface area contributed by atoms with Gasteiger partial charge in [-0.3, -0.25) is 10.00 Å². The highest BCUT2D eigenvalue weighted by Crippen LogP contribution is 2.37. The van der Waals surface area contributed by atoms with Crippen molar-refractivity contribution in [3.05, 3.63) is 29.4 Å². The Morgan fingerprint density at radius 2 is 2.04 bits per heavy atom. The van der Waals surface area contributed by atoms with Gasteiger partial charge in [0.1, 0.15) is 0 Å². The Hall–Kier alpha value is -2.45. The number of urea groups is 1. The van der Waals surface area contributed by atoms with Gasteiger partial charge in [-0.15, -0.1) is 0 Å². The number of halogens is 1. The van der Waals surface area contributed by atoms with Crippen molar-refractivity contribution in [3.63, 3.8) is 0 Å². The molecular weight excluding hydrogens is 360 g/mol. The molecule has 0 aliphatic carbocycles. The number of anilines is 2. The van der Waals surface area contributed by atoms with E-state index in [0.29, 0.717) is 34.1 Å². The molecule has 3 rings (SSSR count). The Bertz CT molecular complexity index is 774. The highest BCUT2D eigenvalue weighted by Gasteiger charge is 2.17. The number of hydrogen-bond acceptors (Lipinski definition) is 5. The standard InChI is InChI=1S/C17H21ClN4O4/c1-24-14-10-11(9-13(18)16(14)25-2)19-17(23)20-15-3-6-22(21-15)12-4-7-26-8-5-12/h3,6,9-10,12H,4-5,7-8H2,1-2H3,(H2,19,20,21,23). The molecule has 0 bridgehead atoms. The van der Waals surface area contributed by atoms with Crippen molar-refractivity contribution in [2.24, 2.45) is 0 Å². The third kappa shape index (κ3) is 4.20. The summed E-state index contributed by atoms with van der Waals surface area (Å²) in [5.74, 6) is 1.31. The number of hydrogen-bond donors (Lipinski definition) is 2. The van der Waals surface area contributed by atoms with Crippen LogP contribution in [-0.4, -0.2) is 43.2 Å². The van der Waals surface area contributed by atoms with Crippen LogP contribution in [0.5, 0.6) is 11.5 Å². The molecule has 2 N–H and O–H groups in total. The maximum Gasteiger partial charge on any atom is 0.324 e. The average molecular weight is 381 g/mol. The summed E-state index contributed by atoms with van der Waals surface area (Å²) >= 11 is 6.14. The number of benzene rings is 1. The van der Waals surface area contributed by atoms with E-state index in [1.54, 1.807) is 18.2 Å². The van der Waals surface area contributed by atoms with Crippen molar-refractivity contribution in [1.82, 2.24) is 9.78 Å². The number of nitrogens with zero attached hydrogens (tertiary/aromatic N) is 2. The minimum absolute atomic E-state index is 0.298. The van der Waals surface area contributed by atoms with Crippen molar-refractivity contribution >= 4 is 29.1 Å². The fraction of sp³-hybridized carbons (Fsp3) is 0.412. The summed E-state index contributed by atoms with van der Waals surface area (Å²) < 4.78 is 17.6. The third-order valence-corrected chi connectivity index (χ3v) is 4.39. The molecule has 1 fully saturated rings. The first-order valence-electron chi connectivity index (χ1n) is 8.23. The first-order chi connectivity index (χ1) is 12.6. The van der Waals surface area contributed by atoms with Gasteiger partial charge in [0.25, 0.3) is 0 Å². The lowest BCUT2D eigenvalue weighted by atomic mass is 10.1. The van der Waals surface area contributed by atoms with E-state index in [9.17, 15) is 4.79 Å². The summed E-state index contributed by atoms with van der Waals surface area (Å²) in [6.07, 6.45) is 3.69. The molecule has 0 spiro atoms. The summed E-state index contributed by atoms with van der Waals surface area (Å²) in [5.41, 5.74) is 0.481. The van der Waals surface area contributed by atoms with Crippen LogP contribution in [0.4, 0.5) is 16.3 Å². The van der Waals surface area contributed by atoms with Crippen molar-refractivity contribution in [2.45, 2.75) is 18.9 Å². The van der Waals surface area contributed by atoms with E-state index in [0.717, 1.165) is 26.1 Å². The molecule has 1 aliphatic rings. The van der Waals surface area contributed by atoms with Crippen LogP contribution in [0.1, 0.15) is 18.9 Å². The molecule has 2 heterocycles. The zero-order chi connectivity index (χ0) is 18.5. The summed E-state index contributed by atoms with van der Waals surface area (Å²) in [7, 11) is 3.00. The summed E-state index contributed by atoms with van der Waals surface area (Å²) in [4.78, 5) is 12.2. The number of amides is 2. The molecule has 9 heteroatoms. The molecule has 0 atom stereocenters. The van der Waals surface area contributed by atoms with E-state index >= 15 is 0 Å². The van der Waals surface area contributed by atoms with E-state index in [4.69, 9.17) is 25.8 Å². The van der Waals surface area contributed by atoms with Gasteiger partial charge in [0.2, 0.25) is 0 Å². The molecule has 0 saturated carbocycles. The number of ether oxygens (including phenoxy) is 3. The normalized spacial score (nSPS) is 14.7. The number of nitrogens with one attached hydrogen (secondary N) is 2. The van der Waals surface area contributed by atoms with Crippen molar-refractivity contribution in [2.75, 3.05) is 38.1 Å². The van der Waals surface area contributed by atoms with Crippen LogP contribution in [0.25, 0.3) is 0 Å². The number of rotatable bonds is 5. The Labute approximate surface area is 156 Å². The van der Waals surface area contributed by atoms with Crippen LogP contribution in [0, 0.1) is 0 Å². The Kier molecular flexibility index (Phi) is 5.85. The predicted octanol–water partition coefficient (Wildman–Crippen LogP) is 3.55. The summed E-state index contributed by atoms with van der Waals surface area (Å²) in [6.45, 7) is 1.46. The van der Waals surface area contributed by atoms with Gasteiger partial charge in [0.05, 0.1) is 25.3 Å². The maximum absolute atomic E-state index is 12.2. The first-order valence-corrected chi connectivity index (χ1v) is 8.61. The molecule has 26 heavy (non-hydrogen) atoms. The van der Waals surface area contributed by atoms with Crippen molar-refractivity contribution in [3.8, 4) is 11.5 Å². The van der Waals surface area contributed by atoms with Gasteiger partial charge < -0.3 is 19.5 Å². The minimum atomic E-state index is -0.425. The highest BCUT2D eigenvalue weighted by molar-refractivity contribution is 6.32. The van der Waals surface area contributed by atoms with E-state index in [-0.39, 0.29) is 0 Å². The zero-order valence-electron chi connectivity index (χ0n) is 14.6. The predicted molar refractivity (Wildman–Crippen MR) is 98.5 cm³/mol. The number of methoxy groups -OCH3 is 2. The molecule has 2 amide bonds. The fourth-order valence-corrected chi connectivity index (χ4v) is 3.11. The largest absolute Gasteiger partial charge is 0.493 e. The van der Waals surface area contributed by atoms with Gasteiger partial charge in [-0.25, -0.2) is 4.79 Å². The molecule has 0 unspecified atom stereocenters. The number of aromatic nitrogens is 2. The average Bonchev–Trinajstić information content (AvgIpc) is 3.10. The first kappa shape index (κ1) is 18.3. The quantitative estimate of drug-likeness (QED) is 0.828. The molecule has 1 aromatic heterocycles. The lowest BCUT2D eigenvalue weighted by molar-refractivity contribution is 0.0663. The van der Waals surface area contributed by atoms with Gasteiger partial charge in [-0.2, -0.15) is 5.10 Å². The van der Waals surface area contributed by atoms with Gasteiger partial charge >= 0.3 is 6.03 Å². The Balaban J connectivity index is 1.64. The van der Waals surface area contributed by atoms with Gasteiger partial charge in [-0.05, 0) is 18.9 Å². The molecule has 1 aliphatic heterocycles. The van der Waals surface area contributed by atoms with Gasteiger partial charge in [0.15, 0.2) is 17.3 Å². The van der Waals surface area contributed by atoms with Crippen molar-refractivity contribution < 1.29 is 19.0 Å². The SMILES string of the molecule is COc1cc(NC(=O)Nc2ccn(C3CCOCC3)n2)cc(Cl)c1OC. The second-order valence-corrected chi connectivity index (χ2v) is 6.20. The minimum Gasteiger partial charge on any atom is -0.493 e. The lowest BCUT2D eigenvalue weighted by Gasteiger charge is -2.22. The van der Waals surface area contributed by atoms with Crippen molar-refractivity contribution in [1.29, 1.82) is 0 Å². The van der Waals surface area contributed by atoms with E-state index in [2.05, 4.69) is 15.7 Å². The zero-order valence-corrected chi connectivity index (χ0v) is 15.4. The molecular formula is C17H21ClN4O4. The van der Waals surface area contributed by atoms with E-state index < -0.39 is 6.03 Å². The molecule has 1 saturated heterocycles. The highest BCUT2D eigenvalue weighted by atomic mass is 35.5. The Morgan fingerprint density at radius 1 is 1.27 bits per heavy atom. The van der Waals surface area contributed by atoms with Crippen LogP contribution in [0.3, 0.4) is 0 Å². The molecule has 2 aromatic rings. The fourth-order valence-electron chi connectivity index (χ4n) is 2.83. The van der Waals surface area contributed by atoms with Gasteiger partial charge in [-0.1, -0.05) is 11.6 Å². The molecule has 8 nitrogen and oxygen atoms in total. The topological polar surface area (TPSA) is 86.6 Å². The smallest absolute Gasteiger partial charge is 0.324 e. The summed E-state index contributed by atoms with van der Waals surface area (Å²) in [6, 6.07) is 4.85.